The van der Waals surface area contributed by atoms with Gasteiger partial charge < -0.3 is 0 Å². The summed E-state index contributed by atoms with van der Waals surface area (Å²) in [7, 11) is 0. The first-order valence-electron chi connectivity index (χ1n) is 13.3. The van der Waals surface area contributed by atoms with E-state index in [1.54, 1.807) is 5.56 Å². The summed E-state index contributed by atoms with van der Waals surface area (Å²) in [5.74, 6) is 2.92. The molecule has 0 aliphatic heterocycles. The van der Waals surface area contributed by atoms with Crippen LogP contribution in [0.15, 0.2) is 90.1 Å². The van der Waals surface area contributed by atoms with Crippen LogP contribution in [0.4, 0.5) is 0 Å². The fourth-order valence-corrected chi connectivity index (χ4v) is 6.57. The number of fused-ring (bicyclic) bond motifs is 2. The molecule has 6 rings (SSSR count). The molecule has 2 aromatic rings. The maximum Gasteiger partial charge on any atom is 0.0281 e. The molecule has 172 valence electrons. The van der Waals surface area contributed by atoms with Crippen LogP contribution in [0.5, 0.6) is 0 Å². The molecular formula is C34H36. The van der Waals surface area contributed by atoms with Gasteiger partial charge in [0.1, 0.15) is 0 Å². The van der Waals surface area contributed by atoms with Gasteiger partial charge in [-0.25, -0.2) is 0 Å². The van der Waals surface area contributed by atoms with Crippen molar-refractivity contribution in [2.24, 2.45) is 17.8 Å². The Bertz CT molecular complexity index is 1220. The van der Waals surface area contributed by atoms with Crippen LogP contribution in [0.3, 0.4) is 0 Å². The molecule has 0 saturated heterocycles. The van der Waals surface area contributed by atoms with E-state index < -0.39 is 0 Å². The fraction of sp³-hybridized carbons (Fsp3) is 0.353. The summed E-state index contributed by atoms with van der Waals surface area (Å²) in [6, 6.07) is 16.6. The van der Waals surface area contributed by atoms with Crippen LogP contribution >= 0.6 is 0 Å². The smallest absolute Gasteiger partial charge is 0.0281 e. The van der Waals surface area contributed by atoms with Crippen LogP contribution in [0.25, 0.3) is 11.6 Å². The van der Waals surface area contributed by atoms with Crippen LogP contribution < -0.4 is 0 Å². The summed E-state index contributed by atoms with van der Waals surface area (Å²) in [5, 5.41) is 0. The minimum absolute atomic E-state index is 0.392. The molecule has 0 radical (unpaired) electrons. The molecule has 0 heteroatoms. The lowest BCUT2D eigenvalue weighted by molar-refractivity contribution is 0.259. The van der Waals surface area contributed by atoms with Crippen molar-refractivity contribution >= 4 is 11.6 Å². The van der Waals surface area contributed by atoms with Crippen molar-refractivity contribution < 1.29 is 0 Å². The molecule has 0 heterocycles. The Balaban J connectivity index is 1.18. The normalized spacial score (nSPS) is 25.1. The van der Waals surface area contributed by atoms with E-state index in [1.165, 1.54) is 64.7 Å². The topological polar surface area (TPSA) is 0 Å². The monoisotopic (exact) mass is 444 g/mol. The van der Waals surface area contributed by atoms with Crippen molar-refractivity contribution in [3.8, 4) is 0 Å². The van der Waals surface area contributed by atoms with Gasteiger partial charge in [0.05, 0.1) is 0 Å². The van der Waals surface area contributed by atoms with Gasteiger partial charge in [0, 0.05) is 5.92 Å². The standard InChI is InChI=1S/C34H36/c1-23(2)25-13-15-28(16-14-25)27-11-9-24(10-12-27)21-30-19-20-33(34-8-4-7-32(30)34)31-18-17-26-5-3-6-29(26)22-31/h3-5,7-12,17-20,22-23,25,28,34H,6,13-16,21H2,1-2H3. The minimum Gasteiger partial charge on any atom is -0.0795 e. The highest BCUT2D eigenvalue weighted by Crippen LogP contribution is 2.43. The quantitative estimate of drug-likeness (QED) is 0.432. The zero-order valence-electron chi connectivity index (χ0n) is 20.6. The molecule has 1 unspecified atom stereocenters. The summed E-state index contributed by atoms with van der Waals surface area (Å²) >= 11 is 0. The van der Waals surface area contributed by atoms with Gasteiger partial charge in [-0.2, -0.15) is 0 Å². The minimum atomic E-state index is 0.392. The van der Waals surface area contributed by atoms with Gasteiger partial charge in [-0.05, 0) is 101 Å². The first-order valence-corrected chi connectivity index (χ1v) is 13.3. The summed E-state index contributed by atoms with van der Waals surface area (Å²) in [6.45, 7) is 4.78. The third kappa shape index (κ3) is 4.09. The van der Waals surface area contributed by atoms with E-state index in [-0.39, 0.29) is 0 Å². The van der Waals surface area contributed by atoms with Crippen LogP contribution in [-0.4, -0.2) is 0 Å². The third-order valence-corrected chi connectivity index (χ3v) is 8.76. The number of rotatable bonds is 5. The first-order chi connectivity index (χ1) is 16.7. The molecule has 1 fully saturated rings. The summed E-state index contributed by atoms with van der Waals surface area (Å²) < 4.78 is 0. The second-order valence-corrected chi connectivity index (χ2v) is 11.1. The predicted molar refractivity (Wildman–Crippen MR) is 146 cm³/mol. The van der Waals surface area contributed by atoms with Crippen LogP contribution in [0, 0.1) is 17.8 Å². The first kappa shape index (κ1) is 21.7. The Kier molecular flexibility index (Phi) is 5.77. The van der Waals surface area contributed by atoms with Gasteiger partial charge in [0.25, 0.3) is 0 Å². The van der Waals surface area contributed by atoms with Crippen molar-refractivity contribution in [2.45, 2.75) is 58.3 Å². The number of hydrogen-bond acceptors (Lipinski definition) is 0. The number of hydrogen-bond donors (Lipinski definition) is 0. The zero-order chi connectivity index (χ0) is 23.1. The molecule has 34 heavy (non-hydrogen) atoms. The molecule has 0 nitrogen and oxygen atoms in total. The molecule has 0 spiro atoms. The lowest BCUT2D eigenvalue weighted by Crippen LogP contribution is -2.17. The summed E-state index contributed by atoms with van der Waals surface area (Å²) in [6.07, 6.45) is 23.8. The van der Waals surface area contributed by atoms with E-state index in [4.69, 9.17) is 0 Å². The van der Waals surface area contributed by atoms with Crippen LogP contribution in [-0.2, 0) is 12.8 Å². The highest BCUT2D eigenvalue weighted by atomic mass is 14.3. The molecule has 0 N–H and O–H groups in total. The molecule has 0 amide bonds. The van der Waals surface area contributed by atoms with E-state index in [2.05, 4.69) is 98.8 Å². The number of benzene rings is 2. The Morgan fingerprint density at radius 1 is 0.853 bits per heavy atom. The lowest BCUT2D eigenvalue weighted by Gasteiger charge is -2.31. The van der Waals surface area contributed by atoms with Crippen molar-refractivity contribution in [2.75, 3.05) is 0 Å². The van der Waals surface area contributed by atoms with Gasteiger partial charge in [0.2, 0.25) is 0 Å². The maximum atomic E-state index is 2.41. The molecule has 1 saturated carbocycles. The SMILES string of the molecule is CC(C)C1CCC(c2ccc(CC3=CC=C(c4ccc5c(c4)CC=C5)C4C=CC=C34)cc2)CC1. The zero-order valence-corrected chi connectivity index (χ0v) is 20.6. The molecular weight excluding hydrogens is 408 g/mol. The molecule has 0 bridgehead atoms. The molecule has 2 aromatic carbocycles. The van der Waals surface area contributed by atoms with Crippen molar-refractivity contribution in [3.63, 3.8) is 0 Å². The van der Waals surface area contributed by atoms with E-state index in [0.717, 1.165) is 30.6 Å². The average Bonchev–Trinajstić information content (AvgIpc) is 3.54. The van der Waals surface area contributed by atoms with E-state index in [1.807, 2.05) is 0 Å². The van der Waals surface area contributed by atoms with Crippen molar-refractivity contribution in [3.05, 3.63) is 118 Å². The van der Waals surface area contributed by atoms with Gasteiger partial charge in [-0.3, -0.25) is 0 Å². The van der Waals surface area contributed by atoms with Crippen molar-refractivity contribution in [1.29, 1.82) is 0 Å². The van der Waals surface area contributed by atoms with Gasteiger partial charge in [-0.1, -0.05) is 98.8 Å². The van der Waals surface area contributed by atoms with Crippen LogP contribution in [0.2, 0.25) is 0 Å². The van der Waals surface area contributed by atoms with Gasteiger partial charge in [0.15, 0.2) is 0 Å². The van der Waals surface area contributed by atoms with Crippen molar-refractivity contribution in [1.82, 2.24) is 0 Å². The largest absolute Gasteiger partial charge is 0.0795 e. The fourth-order valence-electron chi connectivity index (χ4n) is 6.57. The Morgan fingerprint density at radius 3 is 2.47 bits per heavy atom. The van der Waals surface area contributed by atoms with E-state index in [0.29, 0.717) is 5.92 Å². The summed E-state index contributed by atoms with van der Waals surface area (Å²) in [5.41, 5.74) is 11.6. The Labute approximate surface area is 205 Å². The maximum absolute atomic E-state index is 2.41. The van der Waals surface area contributed by atoms with Gasteiger partial charge >= 0.3 is 0 Å². The third-order valence-electron chi connectivity index (χ3n) is 8.76. The number of allylic oxidation sites excluding steroid dienone is 9. The van der Waals surface area contributed by atoms with E-state index in [9.17, 15) is 0 Å². The predicted octanol–water partition coefficient (Wildman–Crippen LogP) is 8.86. The molecule has 4 aliphatic carbocycles. The molecule has 1 atom stereocenters. The second-order valence-electron chi connectivity index (χ2n) is 11.1. The van der Waals surface area contributed by atoms with Gasteiger partial charge in [-0.15, -0.1) is 0 Å². The highest BCUT2D eigenvalue weighted by molar-refractivity contribution is 5.80. The Hall–Kier alpha value is -2.86. The summed E-state index contributed by atoms with van der Waals surface area (Å²) in [4.78, 5) is 0. The molecule has 0 aromatic heterocycles. The lowest BCUT2D eigenvalue weighted by atomic mass is 9.74. The Morgan fingerprint density at radius 2 is 1.68 bits per heavy atom. The van der Waals surface area contributed by atoms with Crippen LogP contribution in [0.1, 0.15) is 73.3 Å². The van der Waals surface area contributed by atoms with E-state index >= 15 is 0 Å². The second kappa shape index (κ2) is 9.06. The average molecular weight is 445 g/mol. The highest BCUT2D eigenvalue weighted by Gasteiger charge is 2.27. The molecule has 4 aliphatic rings.